The molecule has 3 nitrogen and oxygen atoms in total. The molecule has 0 aliphatic heterocycles. The highest BCUT2D eigenvalue weighted by Crippen LogP contribution is 2.26. The molecule has 2 N–H and O–H groups in total. The molecule has 0 amide bonds. The van der Waals surface area contributed by atoms with Gasteiger partial charge in [0.25, 0.3) is 0 Å². The molecule has 1 rings (SSSR count). The van der Waals surface area contributed by atoms with Gasteiger partial charge >= 0.3 is 0 Å². The van der Waals surface area contributed by atoms with Crippen LogP contribution in [0.2, 0.25) is 0 Å². The Balaban J connectivity index is 1.90. The molecule has 0 aromatic rings. The number of aliphatic hydroxyl groups is 1. The van der Waals surface area contributed by atoms with E-state index in [1.54, 1.807) is 0 Å². The Morgan fingerprint density at radius 1 is 1.10 bits per heavy atom. The summed E-state index contributed by atoms with van der Waals surface area (Å²) in [5.74, 6) is 0.655. The lowest BCUT2D eigenvalue weighted by Gasteiger charge is -2.29. The second-order valence-electron chi connectivity index (χ2n) is 6.76. The van der Waals surface area contributed by atoms with Gasteiger partial charge in [-0.25, -0.2) is 0 Å². The van der Waals surface area contributed by atoms with E-state index >= 15 is 0 Å². The van der Waals surface area contributed by atoms with Crippen LogP contribution in [0.3, 0.4) is 0 Å². The van der Waals surface area contributed by atoms with Gasteiger partial charge in [-0.05, 0) is 31.7 Å². The monoisotopic (exact) mass is 299 g/mol. The largest absolute Gasteiger partial charge is 0.389 e. The van der Waals surface area contributed by atoms with Gasteiger partial charge in [-0.15, -0.1) is 0 Å². The minimum atomic E-state index is -0.362. The molecule has 1 fully saturated rings. The van der Waals surface area contributed by atoms with Crippen molar-refractivity contribution in [2.45, 2.75) is 90.3 Å². The lowest BCUT2D eigenvalue weighted by molar-refractivity contribution is -0.0451. The summed E-state index contributed by atoms with van der Waals surface area (Å²) in [7, 11) is 0. The van der Waals surface area contributed by atoms with Gasteiger partial charge in [0.05, 0.1) is 18.8 Å². The second kappa shape index (κ2) is 12.4. The molecular weight excluding hydrogens is 262 g/mol. The molecule has 1 saturated carbocycles. The fourth-order valence-electron chi connectivity index (χ4n) is 3.12. The Morgan fingerprint density at radius 2 is 1.81 bits per heavy atom. The molecule has 0 spiro atoms. The predicted octanol–water partition coefficient (Wildman–Crippen LogP) is 3.89. The molecule has 126 valence electrons. The first-order valence-corrected chi connectivity index (χ1v) is 9.24. The maximum absolute atomic E-state index is 9.95. The summed E-state index contributed by atoms with van der Waals surface area (Å²) >= 11 is 0. The van der Waals surface area contributed by atoms with E-state index in [4.69, 9.17) is 4.74 Å². The van der Waals surface area contributed by atoms with Crippen molar-refractivity contribution >= 4 is 0 Å². The first kappa shape index (κ1) is 18.9. The minimum absolute atomic E-state index is 0.362. The van der Waals surface area contributed by atoms with Crippen molar-refractivity contribution in [3.63, 3.8) is 0 Å². The van der Waals surface area contributed by atoms with Crippen molar-refractivity contribution in [3.8, 4) is 0 Å². The van der Waals surface area contributed by atoms with Crippen LogP contribution in [-0.2, 0) is 4.74 Å². The van der Waals surface area contributed by atoms with E-state index in [0.717, 1.165) is 6.54 Å². The van der Waals surface area contributed by atoms with Crippen LogP contribution in [0.5, 0.6) is 0 Å². The van der Waals surface area contributed by atoms with E-state index in [-0.39, 0.29) is 6.10 Å². The van der Waals surface area contributed by atoms with Crippen LogP contribution in [0.4, 0.5) is 0 Å². The average molecular weight is 299 g/mol. The highest BCUT2D eigenvalue weighted by molar-refractivity contribution is 4.73. The van der Waals surface area contributed by atoms with Crippen LogP contribution < -0.4 is 5.32 Å². The van der Waals surface area contributed by atoms with E-state index in [0.29, 0.717) is 25.2 Å². The van der Waals surface area contributed by atoms with Crippen LogP contribution >= 0.6 is 0 Å². The molecular formula is C18H37NO2. The standard InChI is InChI=1S/C18H37NO2/c1-3-4-5-6-7-10-13-19-14-17(20)15-21-18-12-9-8-11-16(18)2/h16-20H,3-15H2,1-2H3. The van der Waals surface area contributed by atoms with Crippen LogP contribution in [0.15, 0.2) is 0 Å². The van der Waals surface area contributed by atoms with Gasteiger partial charge < -0.3 is 15.2 Å². The van der Waals surface area contributed by atoms with Crippen LogP contribution in [-0.4, -0.2) is 37.0 Å². The Morgan fingerprint density at radius 3 is 2.57 bits per heavy atom. The number of unbranched alkanes of at least 4 members (excludes halogenated alkanes) is 5. The van der Waals surface area contributed by atoms with Gasteiger partial charge in [-0.3, -0.25) is 0 Å². The summed E-state index contributed by atoms with van der Waals surface area (Å²) in [6, 6.07) is 0. The Labute approximate surface area is 131 Å². The third kappa shape index (κ3) is 9.49. The fraction of sp³-hybridized carbons (Fsp3) is 1.00. The SMILES string of the molecule is CCCCCCCCNCC(O)COC1CCCCC1C. The van der Waals surface area contributed by atoms with Crippen molar-refractivity contribution in [2.75, 3.05) is 19.7 Å². The highest BCUT2D eigenvalue weighted by Gasteiger charge is 2.22. The smallest absolute Gasteiger partial charge is 0.0897 e. The minimum Gasteiger partial charge on any atom is -0.389 e. The van der Waals surface area contributed by atoms with E-state index in [9.17, 15) is 5.11 Å². The number of nitrogens with one attached hydrogen (secondary N) is 1. The molecule has 1 aliphatic rings. The number of hydrogen-bond donors (Lipinski definition) is 2. The molecule has 0 aromatic heterocycles. The molecule has 0 radical (unpaired) electrons. The second-order valence-corrected chi connectivity index (χ2v) is 6.76. The van der Waals surface area contributed by atoms with Crippen molar-refractivity contribution in [1.82, 2.24) is 5.32 Å². The zero-order valence-corrected chi connectivity index (χ0v) is 14.3. The van der Waals surface area contributed by atoms with E-state index < -0.39 is 0 Å². The molecule has 21 heavy (non-hydrogen) atoms. The predicted molar refractivity (Wildman–Crippen MR) is 89.6 cm³/mol. The quantitative estimate of drug-likeness (QED) is 0.537. The van der Waals surface area contributed by atoms with Crippen molar-refractivity contribution in [2.24, 2.45) is 5.92 Å². The van der Waals surface area contributed by atoms with Crippen LogP contribution in [0.25, 0.3) is 0 Å². The first-order chi connectivity index (χ1) is 10.2. The maximum atomic E-state index is 9.95. The zero-order chi connectivity index (χ0) is 15.3. The molecule has 3 heteroatoms. The normalized spacial score (nSPS) is 24.1. The van der Waals surface area contributed by atoms with Gasteiger partial charge in [0, 0.05) is 6.54 Å². The van der Waals surface area contributed by atoms with E-state index in [2.05, 4.69) is 19.2 Å². The summed E-state index contributed by atoms with van der Waals surface area (Å²) in [6.45, 7) is 6.68. The van der Waals surface area contributed by atoms with Gasteiger partial charge in [-0.2, -0.15) is 0 Å². The lowest BCUT2D eigenvalue weighted by atomic mass is 9.88. The lowest BCUT2D eigenvalue weighted by Crippen LogP contribution is -2.34. The maximum Gasteiger partial charge on any atom is 0.0897 e. The summed E-state index contributed by atoms with van der Waals surface area (Å²) in [5, 5.41) is 13.3. The molecule has 0 bridgehead atoms. The van der Waals surface area contributed by atoms with Crippen molar-refractivity contribution in [3.05, 3.63) is 0 Å². The summed E-state index contributed by atoms with van der Waals surface area (Å²) < 4.78 is 5.89. The molecule has 3 atom stereocenters. The number of hydrogen-bond acceptors (Lipinski definition) is 3. The molecule has 0 heterocycles. The Bertz CT molecular complexity index is 235. The zero-order valence-electron chi connectivity index (χ0n) is 14.3. The fourth-order valence-corrected chi connectivity index (χ4v) is 3.12. The number of rotatable bonds is 12. The first-order valence-electron chi connectivity index (χ1n) is 9.24. The summed E-state index contributed by atoms with van der Waals surface area (Å²) in [5.41, 5.74) is 0. The van der Waals surface area contributed by atoms with Crippen molar-refractivity contribution < 1.29 is 9.84 Å². The highest BCUT2D eigenvalue weighted by atomic mass is 16.5. The third-order valence-electron chi connectivity index (χ3n) is 4.62. The molecule has 0 saturated heterocycles. The molecule has 1 aliphatic carbocycles. The number of aliphatic hydroxyl groups excluding tert-OH is 1. The number of ether oxygens (including phenoxy) is 1. The average Bonchev–Trinajstić information content (AvgIpc) is 2.49. The Hall–Kier alpha value is -0.120. The van der Waals surface area contributed by atoms with Crippen LogP contribution in [0, 0.1) is 5.92 Å². The van der Waals surface area contributed by atoms with Gasteiger partial charge in [-0.1, -0.05) is 58.8 Å². The summed E-state index contributed by atoms with van der Waals surface area (Å²) in [6.07, 6.45) is 13.0. The topological polar surface area (TPSA) is 41.5 Å². The Kier molecular flexibility index (Phi) is 11.2. The third-order valence-corrected chi connectivity index (χ3v) is 4.62. The van der Waals surface area contributed by atoms with Crippen LogP contribution in [0.1, 0.15) is 78.1 Å². The van der Waals surface area contributed by atoms with E-state index in [1.807, 2.05) is 0 Å². The molecule has 0 aromatic carbocycles. The van der Waals surface area contributed by atoms with Gasteiger partial charge in [0.2, 0.25) is 0 Å². The molecule has 3 unspecified atom stereocenters. The van der Waals surface area contributed by atoms with Crippen molar-refractivity contribution in [1.29, 1.82) is 0 Å². The van der Waals surface area contributed by atoms with E-state index in [1.165, 1.54) is 64.2 Å². The summed E-state index contributed by atoms with van der Waals surface area (Å²) in [4.78, 5) is 0. The van der Waals surface area contributed by atoms with Gasteiger partial charge in [0.1, 0.15) is 0 Å². The van der Waals surface area contributed by atoms with Gasteiger partial charge in [0.15, 0.2) is 0 Å².